The standard InChI is InChI=1S/C13H15BrN2O2/c1-13(2,3)11-9(7-10(17)18)16-6-4-5-8(14)12(16)15-11/h4-6H,7H2,1-3H3,(H,17,18). The molecule has 18 heavy (non-hydrogen) atoms. The number of rotatable bonds is 2. The Morgan fingerprint density at radius 2 is 2.17 bits per heavy atom. The second-order valence-corrected chi connectivity index (χ2v) is 6.13. The van der Waals surface area contributed by atoms with Crippen LogP contribution in [-0.2, 0) is 16.6 Å². The summed E-state index contributed by atoms with van der Waals surface area (Å²) in [6, 6.07) is 3.77. The Morgan fingerprint density at radius 1 is 1.50 bits per heavy atom. The van der Waals surface area contributed by atoms with Gasteiger partial charge in [0, 0.05) is 11.6 Å². The lowest BCUT2D eigenvalue weighted by molar-refractivity contribution is -0.136. The third kappa shape index (κ3) is 2.27. The summed E-state index contributed by atoms with van der Waals surface area (Å²) in [7, 11) is 0. The quantitative estimate of drug-likeness (QED) is 0.927. The van der Waals surface area contributed by atoms with Crippen LogP contribution >= 0.6 is 15.9 Å². The Morgan fingerprint density at radius 3 is 2.72 bits per heavy atom. The smallest absolute Gasteiger partial charge is 0.309 e. The molecule has 2 aromatic heterocycles. The average molecular weight is 311 g/mol. The van der Waals surface area contributed by atoms with E-state index in [2.05, 4.69) is 20.9 Å². The molecule has 0 bridgehead atoms. The molecule has 0 aliphatic heterocycles. The first kappa shape index (κ1) is 13.1. The lowest BCUT2D eigenvalue weighted by Crippen LogP contribution is -2.16. The van der Waals surface area contributed by atoms with Crippen molar-refractivity contribution in [3.63, 3.8) is 0 Å². The van der Waals surface area contributed by atoms with Crippen molar-refractivity contribution in [3.05, 3.63) is 34.2 Å². The van der Waals surface area contributed by atoms with E-state index in [1.54, 1.807) is 0 Å². The molecule has 0 aliphatic carbocycles. The molecule has 2 rings (SSSR count). The number of aliphatic carboxylic acids is 1. The van der Waals surface area contributed by atoms with Crippen LogP contribution in [0, 0.1) is 0 Å². The van der Waals surface area contributed by atoms with Crippen LogP contribution in [0.4, 0.5) is 0 Å². The van der Waals surface area contributed by atoms with Gasteiger partial charge in [-0.3, -0.25) is 4.79 Å². The van der Waals surface area contributed by atoms with Crippen LogP contribution in [0.15, 0.2) is 22.8 Å². The first-order chi connectivity index (χ1) is 8.30. The monoisotopic (exact) mass is 310 g/mol. The zero-order chi connectivity index (χ0) is 13.5. The third-order valence-electron chi connectivity index (χ3n) is 2.73. The van der Waals surface area contributed by atoms with Crippen LogP contribution in [0.3, 0.4) is 0 Å². The first-order valence-corrected chi connectivity index (χ1v) is 6.47. The van der Waals surface area contributed by atoms with Crippen molar-refractivity contribution in [3.8, 4) is 0 Å². The molecule has 0 unspecified atom stereocenters. The number of imidazole rings is 1. The van der Waals surface area contributed by atoms with E-state index in [0.717, 1.165) is 21.5 Å². The molecule has 0 spiro atoms. The van der Waals surface area contributed by atoms with Crippen molar-refractivity contribution >= 4 is 27.5 Å². The number of carboxylic acids is 1. The molecule has 0 amide bonds. The van der Waals surface area contributed by atoms with E-state index in [1.807, 2.05) is 43.5 Å². The van der Waals surface area contributed by atoms with E-state index in [4.69, 9.17) is 5.11 Å². The Labute approximate surface area is 114 Å². The van der Waals surface area contributed by atoms with E-state index in [1.165, 1.54) is 0 Å². The number of nitrogens with zero attached hydrogens (tertiary/aromatic N) is 2. The first-order valence-electron chi connectivity index (χ1n) is 5.68. The molecule has 2 heterocycles. The number of halogens is 1. The van der Waals surface area contributed by atoms with Gasteiger partial charge in [0.05, 0.1) is 22.3 Å². The molecule has 4 nitrogen and oxygen atoms in total. The molecule has 96 valence electrons. The van der Waals surface area contributed by atoms with Gasteiger partial charge in [-0.1, -0.05) is 20.8 Å². The molecule has 0 radical (unpaired) electrons. The number of pyridine rings is 1. The van der Waals surface area contributed by atoms with Gasteiger partial charge >= 0.3 is 5.97 Å². The fourth-order valence-corrected chi connectivity index (χ4v) is 2.43. The maximum absolute atomic E-state index is 11.0. The maximum atomic E-state index is 11.0. The fraction of sp³-hybridized carbons (Fsp3) is 0.385. The Balaban J connectivity index is 2.76. The highest BCUT2D eigenvalue weighted by molar-refractivity contribution is 9.10. The van der Waals surface area contributed by atoms with Gasteiger partial charge in [-0.2, -0.15) is 0 Å². The predicted molar refractivity (Wildman–Crippen MR) is 72.9 cm³/mol. The summed E-state index contributed by atoms with van der Waals surface area (Å²) in [6.45, 7) is 6.11. The van der Waals surface area contributed by atoms with Crippen LogP contribution in [0.25, 0.3) is 5.65 Å². The van der Waals surface area contributed by atoms with Crippen LogP contribution in [0.1, 0.15) is 32.2 Å². The van der Waals surface area contributed by atoms with E-state index >= 15 is 0 Å². The second kappa shape index (κ2) is 4.39. The van der Waals surface area contributed by atoms with Gasteiger partial charge < -0.3 is 9.51 Å². The maximum Gasteiger partial charge on any atom is 0.309 e. The number of aromatic nitrogens is 2. The molecule has 0 aromatic carbocycles. The normalized spacial score (nSPS) is 12.0. The Kier molecular flexibility index (Phi) is 3.19. The SMILES string of the molecule is CC(C)(C)c1nc2c(Br)cccn2c1CC(=O)O. The summed E-state index contributed by atoms with van der Waals surface area (Å²) in [5.74, 6) is -0.845. The van der Waals surface area contributed by atoms with E-state index in [-0.39, 0.29) is 11.8 Å². The minimum Gasteiger partial charge on any atom is -0.481 e. The molecule has 0 fully saturated rings. The van der Waals surface area contributed by atoms with Crippen molar-refractivity contribution in [2.24, 2.45) is 0 Å². The highest BCUT2D eigenvalue weighted by atomic mass is 79.9. The van der Waals surface area contributed by atoms with Gasteiger partial charge in [-0.25, -0.2) is 4.98 Å². The lowest BCUT2D eigenvalue weighted by atomic mass is 9.90. The second-order valence-electron chi connectivity index (χ2n) is 5.28. The molecule has 0 atom stereocenters. The van der Waals surface area contributed by atoms with Crippen LogP contribution < -0.4 is 0 Å². The van der Waals surface area contributed by atoms with Gasteiger partial charge in [0.15, 0.2) is 5.65 Å². The lowest BCUT2D eigenvalue weighted by Gasteiger charge is -2.17. The molecule has 0 aliphatic rings. The number of hydrogen-bond acceptors (Lipinski definition) is 2. The Hall–Kier alpha value is -1.36. The minimum absolute atomic E-state index is 0.0236. The molecule has 5 heteroatoms. The summed E-state index contributed by atoms with van der Waals surface area (Å²) in [5, 5.41) is 9.05. The van der Waals surface area contributed by atoms with E-state index in [9.17, 15) is 4.79 Å². The zero-order valence-corrected chi connectivity index (χ0v) is 12.2. The van der Waals surface area contributed by atoms with Crippen LogP contribution in [0.2, 0.25) is 0 Å². The number of carbonyl (C=O) groups is 1. The molecule has 0 saturated heterocycles. The topological polar surface area (TPSA) is 54.6 Å². The van der Waals surface area contributed by atoms with Crippen molar-refractivity contribution in [2.45, 2.75) is 32.6 Å². The third-order valence-corrected chi connectivity index (χ3v) is 3.35. The van der Waals surface area contributed by atoms with Crippen molar-refractivity contribution in [1.82, 2.24) is 9.38 Å². The highest BCUT2D eigenvalue weighted by Gasteiger charge is 2.25. The Bertz CT molecular complexity index is 611. The van der Waals surface area contributed by atoms with Crippen molar-refractivity contribution in [2.75, 3.05) is 0 Å². The van der Waals surface area contributed by atoms with Crippen molar-refractivity contribution in [1.29, 1.82) is 0 Å². The largest absolute Gasteiger partial charge is 0.481 e. The van der Waals surface area contributed by atoms with Gasteiger partial charge in [-0.05, 0) is 28.1 Å². The number of carboxylic acid groups (broad SMARTS) is 1. The minimum atomic E-state index is -0.845. The van der Waals surface area contributed by atoms with E-state index in [0.29, 0.717) is 0 Å². The summed E-state index contributed by atoms with van der Waals surface area (Å²) in [5.41, 5.74) is 2.15. The summed E-state index contributed by atoms with van der Waals surface area (Å²) in [4.78, 5) is 15.6. The van der Waals surface area contributed by atoms with Crippen LogP contribution in [0.5, 0.6) is 0 Å². The van der Waals surface area contributed by atoms with Gasteiger partial charge in [0.2, 0.25) is 0 Å². The molecular weight excluding hydrogens is 296 g/mol. The van der Waals surface area contributed by atoms with Gasteiger partial charge in [0.25, 0.3) is 0 Å². The summed E-state index contributed by atoms with van der Waals surface area (Å²) >= 11 is 3.45. The zero-order valence-electron chi connectivity index (χ0n) is 10.6. The molecular formula is C13H15BrN2O2. The summed E-state index contributed by atoms with van der Waals surface area (Å²) in [6.07, 6.45) is 1.82. The summed E-state index contributed by atoms with van der Waals surface area (Å²) < 4.78 is 2.71. The number of fused-ring (bicyclic) bond motifs is 1. The average Bonchev–Trinajstić information content (AvgIpc) is 2.57. The molecule has 2 aromatic rings. The highest BCUT2D eigenvalue weighted by Crippen LogP contribution is 2.29. The molecule has 0 saturated carbocycles. The van der Waals surface area contributed by atoms with Crippen LogP contribution in [-0.4, -0.2) is 20.5 Å². The number of hydrogen-bond donors (Lipinski definition) is 1. The predicted octanol–water partition coefficient (Wildman–Crippen LogP) is 3.02. The molecule has 1 N–H and O–H groups in total. The van der Waals surface area contributed by atoms with Gasteiger partial charge in [-0.15, -0.1) is 0 Å². The van der Waals surface area contributed by atoms with E-state index < -0.39 is 5.97 Å². The fourth-order valence-electron chi connectivity index (χ4n) is 2.00. The van der Waals surface area contributed by atoms with Gasteiger partial charge in [0.1, 0.15) is 0 Å². The van der Waals surface area contributed by atoms with Crippen molar-refractivity contribution < 1.29 is 9.90 Å².